The predicted octanol–water partition coefficient (Wildman–Crippen LogP) is 2.41. The zero-order valence-electron chi connectivity index (χ0n) is 16.1. The molecule has 7 nitrogen and oxygen atoms in total. The third-order valence-electron chi connectivity index (χ3n) is 3.96. The lowest BCUT2D eigenvalue weighted by Gasteiger charge is -2.26. The van der Waals surface area contributed by atoms with Crippen LogP contribution in [0.25, 0.3) is 6.08 Å². The van der Waals surface area contributed by atoms with Crippen molar-refractivity contribution in [3.63, 3.8) is 0 Å². The molecule has 1 aliphatic rings. The molecule has 2 rings (SSSR count). The maximum Gasteiger partial charge on any atom is 0.316 e. The fourth-order valence-electron chi connectivity index (χ4n) is 2.36. The molecule has 0 bridgehead atoms. The molecule has 0 aromatic heterocycles. The SMILES string of the molecule is COc1cc(/C=C(\C#N)C(=O)N2CCOCC2)ccc1OC(=O)C(C)(C)C. The summed E-state index contributed by atoms with van der Waals surface area (Å²) in [7, 11) is 1.46. The van der Waals surface area contributed by atoms with E-state index < -0.39 is 5.41 Å². The van der Waals surface area contributed by atoms with E-state index in [1.165, 1.54) is 13.2 Å². The number of hydrogen-bond acceptors (Lipinski definition) is 6. The Bertz CT molecular complexity index is 781. The quantitative estimate of drug-likeness (QED) is 0.349. The normalized spacial score (nSPS) is 15.1. The van der Waals surface area contributed by atoms with Crippen LogP contribution < -0.4 is 9.47 Å². The molecular weight excluding hydrogens is 348 g/mol. The number of carbonyl (C=O) groups excluding carboxylic acids is 2. The van der Waals surface area contributed by atoms with Crippen molar-refractivity contribution in [3.05, 3.63) is 29.3 Å². The molecule has 1 aromatic rings. The fraction of sp³-hybridized carbons (Fsp3) is 0.450. The molecule has 0 atom stereocenters. The number of methoxy groups -OCH3 is 1. The fourth-order valence-corrected chi connectivity index (χ4v) is 2.36. The van der Waals surface area contributed by atoms with E-state index in [0.717, 1.165) is 0 Å². The number of morpholine rings is 1. The van der Waals surface area contributed by atoms with E-state index in [9.17, 15) is 14.9 Å². The van der Waals surface area contributed by atoms with Gasteiger partial charge in [0.15, 0.2) is 11.5 Å². The molecule has 1 heterocycles. The van der Waals surface area contributed by atoms with E-state index >= 15 is 0 Å². The third-order valence-corrected chi connectivity index (χ3v) is 3.96. The number of nitrogens with zero attached hydrogens (tertiary/aromatic N) is 2. The summed E-state index contributed by atoms with van der Waals surface area (Å²) >= 11 is 0. The highest BCUT2D eigenvalue weighted by Crippen LogP contribution is 2.31. The Balaban J connectivity index is 2.24. The highest BCUT2D eigenvalue weighted by atomic mass is 16.6. The molecule has 0 radical (unpaired) electrons. The van der Waals surface area contributed by atoms with Crippen LogP contribution in [-0.2, 0) is 14.3 Å². The Labute approximate surface area is 159 Å². The molecule has 1 aliphatic heterocycles. The molecule has 0 N–H and O–H groups in total. The number of nitriles is 1. The second-order valence-electron chi connectivity index (χ2n) is 7.12. The van der Waals surface area contributed by atoms with Crippen molar-refractivity contribution in [2.45, 2.75) is 20.8 Å². The lowest BCUT2D eigenvalue weighted by atomic mass is 9.97. The molecule has 0 unspecified atom stereocenters. The summed E-state index contributed by atoms with van der Waals surface area (Å²) in [4.78, 5) is 26.2. The van der Waals surface area contributed by atoms with Crippen molar-refractivity contribution in [2.24, 2.45) is 5.41 Å². The minimum absolute atomic E-state index is 0.0263. The van der Waals surface area contributed by atoms with Crippen molar-refractivity contribution < 1.29 is 23.8 Å². The Kier molecular flexibility index (Phi) is 6.59. The third kappa shape index (κ3) is 5.31. The van der Waals surface area contributed by atoms with Gasteiger partial charge in [-0.05, 0) is 44.5 Å². The molecule has 0 aliphatic carbocycles. The maximum atomic E-state index is 12.5. The van der Waals surface area contributed by atoms with Crippen LogP contribution in [0.2, 0.25) is 0 Å². The zero-order chi connectivity index (χ0) is 20.0. The Morgan fingerprint density at radius 1 is 1.22 bits per heavy atom. The van der Waals surface area contributed by atoms with E-state index in [0.29, 0.717) is 37.6 Å². The summed E-state index contributed by atoms with van der Waals surface area (Å²) in [6.45, 7) is 7.13. The molecular formula is C20H24N2O5. The number of benzene rings is 1. The van der Waals surface area contributed by atoms with Gasteiger partial charge in [-0.2, -0.15) is 5.26 Å². The molecule has 27 heavy (non-hydrogen) atoms. The molecule has 0 spiro atoms. The first-order valence-electron chi connectivity index (χ1n) is 8.65. The van der Waals surface area contributed by atoms with Gasteiger partial charge < -0.3 is 19.1 Å². The highest BCUT2D eigenvalue weighted by molar-refractivity contribution is 6.01. The number of hydrogen-bond donors (Lipinski definition) is 0. The largest absolute Gasteiger partial charge is 0.493 e. The van der Waals surface area contributed by atoms with E-state index in [4.69, 9.17) is 14.2 Å². The smallest absolute Gasteiger partial charge is 0.316 e. The molecule has 1 amide bonds. The molecule has 0 saturated carbocycles. The monoisotopic (exact) mass is 372 g/mol. The van der Waals surface area contributed by atoms with Gasteiger partial charge in [0.25, 0.3) is 5.91 Å². The second kappa shape index (κ2) is 8.69. The van der Waals surface area contributed by atoms with Crippen LogP contribution in [0.3, 0.4) is 0 Å². The number of amides is 1. The number of ether oxygens (including phenoxy) is 3. The van der Waals surface area contributed by atoms with Crippen LogP contribution in [0, 0.1) is 16.7 Å². The first-order chi connectivity index (χ1) is 12.8. The Hall–Kier alpha value is -2.85. The van der Waals surface area contributed by atoms with Gasteiger partial charge in [-0.3, -0.25) is 9.59 Å². The summed E-state index contributed by atoms with van der Waals surface area (Å²) in [5, 5.41) is 9.38. The minimum atomic E-state index is -0.651. The minimum Gasteiger partial charge on any atom is -0.493 e. The number of carbonyl (C=O) groups is 2. The molecule has 7 heteroatoms. The standard InChI is InChI=1S/C20H24N2O5/c1-20(2,3)19(24)27-16-6-5-14(12-17(16)25-4)11-15(13-21)18(23)22-7-9-26-10-8-22/h5-6,11-12H,7-10H2,1-4H3/b15-11+. The van der Waals surface area contributed by atoms with Gasteiger partial charge in [0, 0.05) is 13.1 Å². The average molecular weight is 372 g/mol. The zero-order valence-corrected chi connectivity index (χ0v) is 16.1. The number of esters is 1. The van der Waals surface area contributed by atoms with E-state index in [1.807, 2.05) is 6.07 Å². The van der Waals surface area contributed by atoms with Crippen molar-refractivity contribution in [2.75, 3.05) is 33.4 Å². The Morgan fingerprint density at radius 2 is 1.89 bits per heavy atom. The van der Waals surface area contributed by atoms with E-state index in [-0.39, 0.29) is 23.2 Å². The van der Waals surface area contributed by atoms with Crippen LogP contribution >= 0.6 is 0 Å². The van der Waals surface area contributed by atoms with Crippen molar-refractivity contribution >= 4 is 18.0 Å². The van der Waals surface area contributed by atoms with Crippen LogP contribution in [0.1, 0.15) is 26.3 Å². The topological polar surface area (TPSA) is 88.9 Å². The summed E-state index contributed by atoms with van der Waals surface area (Å²) in [6, 6.07) is 6.83. The molecule has 1 saturated heterocycles. The van der Waals surface area contributed by atoms with Gasteiger partial charge >= 0.3 is 5.97 Å². The van der Waals surface area contributed by atoms with Crippen LogP contribution in [0.15, 0.2) is 23.8 Å². The van der Waals surface area contributed by atoms with E-state index in [2.05, 4.69) is 0 Å². The van der Waals surface area contributed by atoms with Crippen molar-refractivity contribution in [1.82, 2.24) is 4.90 Å². The number of rotatable bonds is 4. The van der Waals surface area contributed by atoms with Gasteiger partial charge in [-0.25, -0.2) is 0 Å². The van der Waals surface area contributed by atoms with Gasteiger partial charge in [-0.1, -0.05) is 6.07 Å². The van der Waals surface area contributed by atoms with Crippen molar-refractivity contribution in [1.29, 1.82) is 5.26 Å². The van der Waals surface area contributed by atoms with Gasteiger partial charge in [-0.15, -0.1) is 0 Å². The van der Waals surface area contributed by atoms with Crippen molar-refractivity contribution in [3.8, 4) is 17.6 Å². The van der Waals surface area contributed by atoms with E-state index in [1.54, 1.807) is 43.9 Å². The first-order valence-corrected chi connectivity index (χ1v) is 8.65. The summed E-state index contributed by atoms with van der Waals surface area (Å²) in [5.41, 5.74) is -0.0266. The van der Waals surface area contributed by atoms with Crippen LogP contribution in [0.4, 0.5) is 0 Å². The lowest BCUT2D eigenvalue weighted by molar-refractivity contribution is -0.143. The first kappa shape index (κ1) is 20.5. The maximum absolute atomic E-state index is 12.5. The molecule has 1 aromatic carbocycles. The molecule has 144 valence electrons. The highest BCUT2D eigenvalue weighted by Gasteiger charge is 2.25. The predicted molar refractivity (Wildman–Crippen MR) is 99.1 cm³/mol. The summed E-state index contributed by atoms with van der Waals surface area (Å²) in [6.07, 6.45) is 1.50. The summed E-state index contributed by atoms with van der Waals surface area (Å²) in [5.74, 6) is -0.0858. The van der Waals surface area contributed by atoms with Crippen LogP contribution in [-0.4, -0.2) is 50.2 Å². The second-order valence-corrected chi connectivity index (χ2v) is 7.12. The van der Waals surface area contributed by atoms with Crippen LogP contribution in [0.5, 0.6) is 11.5 Å². The van der Waals surface area contributed by atoms with Gasteiger partial charge in [0.05, 0.1) is 25.7 Å². The van der Waals surface area contributed by atoms with Gasteiger partial charge in [0.2, 0.25) is 0 Å². The molecule has 1 fully saturated rings. The lowest BCUT2D eigenvalue weighted by Crippen LogP contribution is -2.41. The Morgan fingerprint density at radius 3 is 2.44 bits per heavy atom. The summed E-state index contributed by atoms with van der Waals surface area (Å²) < 4.78 is 15.9. The van der Waals surface area contributed by atoms with Gasteiger partial charge in [0.1, 0.15) is 11.6 Å². The average Bonchev–Trinajstić information content (AvgIpc) is 2.66.